The first-order valence-electron chi connectivity index (χ1n) is 12.1. The molecule has 184 valence electrons. The fourth-order valence-corrected chi connectivity index (χ4v) is 5.50. The van der Waals surface area contributed by atoms with Gasteiger partial charge in [-0.05, 0) is 99.6 Å². The Morgan fingerprint density at radius 3 is 2.53 bits per heavy atom. The zero-order chi connectivity index (χ0) is 24.5. The van der Waals surface area contributed by atoms with E-state index >= 15 is 0 Å². The molecule has 2 atom stereocenters. The van der Waals surface area contributed by atoms with Crippen LogP contribution in [0.5, 0.6) is 5.75 Å². The van der Waals surface area contributed by atoms with Crippen molar-refractivity contribution in [1.82, 2.24) is 4.90 Å². The summed E-state index contributed by atoms with van der Waals surface area (Å²) in [4.78, 5) is 17.6. The van der Waals surface area contributed by atoms with Gasteiger partial charge in [0.2, 0.25) is 5.91 Å². The molecule has 2 fully saturated rings. The number of hydrogen-bond acceptors (Lipinski definition) is 4. The first-order chi connectivity index (χ1) is 16.2. The van der Waals surface area contributed by atoms with Gasteiger partial charge in [0.15, 0.2) is 0 Å². The van der Waals surface area contributed by atoms with Gasteiger partial charge in [-0.25, -0.2) is 0 Å². The molecule has 1 N–H and O–H groups in total. The molecule has 2 aliphatic rings. The summed E-state index contributed by atoms with van der Waals surface area (Å²) in [5, 5.41) is 11.8. The van der Waals surface area contributed by atoms with E-state index in [1.54, 1.807) is 19.2 Å². The van der Waals surface area contributed by atoms with Crippen LogP contribution in [-0.4, -0.2) is 48.9 Å². The number of piperidine rings is 1. The Morgan fingerprint density at radius 2 is 1.85 bits per heavy atom. The van der Waals surface area contributed by atoms with Crippen molar-refractivity contribution in [3.63, 3.8) is 0 Å². The van der Waals surface area contributed by atoms with Crippen LogP contribution in [0, 0.1) is 5.92 Å². The number of aliphatic hydroxyl groups is 1. The van der Waals surface area contributed by atoms with Crippen LogP contribution in [0.3, 0.4) is 0 Å². The minimum Gasteiger partial charge on any atom is -0.496 e. The van der Waals surface area contributed by atoms with Crippen molar-refractivity contribution < 1.29 is 14.6 Å². The second kappa shape index (κ2) is 10.4. The standard InChI is InChI=1S/C27H34Cl2N2O3/c1-18-10-13-30(14-11-18)12-4-5-19-15-21(7-9-24(19)34-3)31-25(32)17-27(2,26(31)33)20-6-8-22(28)23(29)16-20/h6-9,15-16,18,25,32H,4-5,10-14,17H2,1-3H3. The van der Waals surface area contributed by atoms with Crippen LogP contribution in [-0.2, 0) is 16.6 Å². The van der Waals surface area contributed by atoms with Crippen molar-refractivity contribution >= 4 is 34.8 Å². The second-order valence-corrected chi connectivity index (χ2v) is 10.8. The summed E-state index contributed by atoms with van der Waals surface area (Å²) >= 11 is 12.3. The molecule has 2 aromatic carbocycles. The average Bonchev–Trinajstić information content (AvgIpc) is 3.05. The van der Waals surface area contributed by atoms with E-state index in [1.807, 2.05) is 31.2 Å². The predicted molar refractivity (Wildman–Crippen MR) is 138 cm³/mol. The number of nitrogens with zero attached hydrogens (tertiary/aromatic N) is 2. The molecule has 0 radical (unpaired) electrons. The highest BCUT2D eigenvalue weighted by Crippen LogP contribution is 2.43. The number of carbonyl (C=O) groups is 1. The van der Waals surface area contributed by atoms with Gasteiger partial charge >= 0.3 is 0 Å². The number of aliphatic hydroxyl groups excluding tert-OH is 1. The maximum Gasteiger partial charge on any atom is 0.239 e. The molecule has 0 spiro atoms. The predicted octanol–water partition coefficient (Wildman–Crippen LogP) is 5.68. The summed E-state index contributed by atoms with van der Waals surface area (Å²) in [5.41, 5.74) is 1.59. The lowest BCUT2D eigenvalue weighted by Crippen LogP contribution is -2.37. The Morgan fingerprint density at radius 1 is 1.12 bits per heavy atom. The van der Waals surface area contributed by atoms with Gasteiger partial charge in [0.25, 0.3) is 0 Å². The van der Waals surface area contributed by atoms with E-state index in [2.05, 4.69) is 11.8 Å². The molecule has 1 amide bonds. The average molecular weight is 505 g/mol. The molecule has 2 aliphatic heterocycles. The number of ether oxygens (including phenoxy) is 1. The zero-order valence-corrected chi connectivity index (χ0v) is 21.7. The molecule has 4 rings (SSSR count). The van der Waals surface area contributed by atoms with E-state index in [0.29, 0.717) is 15.7 Å². The largest absolute Gasteiger partial charge is 0.496 e. The van der Waals surface area contributed by atoms with Crippen LogP contribution < -0.4 is 9.64 Å². The SMILES string of the molecule is COc1ccc(N2C(=O)C(C)(c3ccc(Cl)c(Cl)c3)CC2O)cc1CCCN1CCC(C)CC1. The topological polar surface area (TPSA) is 53.0 Å². The molecule has 0 bridgehead atoms. The van der Waals surface area contributed by atoms with Gasteiger partial charge < -0.3 is 14.7 Å². The Labute approximate surface area is 212 Å². The Kier molecular flexibility index (Phi) is 7.78. The molecule has 5 nitrogen and oxygen atoms in total. The van der Waals surface area contributed by atoms with E-state index in [0.717, 1.165) is 42.2 Å². The Balaban J connectivity index is 1.51. The van der Waals surface area contributed by atoms with Crippen LogP contribution in [0.2, 0.25) is 10.0 Å². The van der Waals surface area contributed by atoms with Gasteiger partial charge in [-0.2, -0.15) is 0 Å². The lowest BCUT2D eigenvalue weighted by molar-refractivity contribution is -0.121. The van der Waals surface area contributed by atoms with E-state index in [1.165, 1.54) is 30.8 Å². The molecule has 34 heavy (non-hydrogen) atoms. The summed E-state index contributed by atoms with van der Waals surface area (Å²) in [6.07, 6.45) is 3.76. The molecule has 0 aliphatic carbocycles. The fourth-order valence-electron chi connectivity index (χ4n) is 5.20. The highest BCUT2D eigenvalue weighted by molar-refractivity contribution is 6.42. The van der Waals surface area contributed by atoms with Gasteiger partial charge in [0, 0.05) is 12.1 Å². The normalized spacial score (nSPS) is 24.1. The molecule has 0 saturated carbocycles. The summed E-state index contributed by atoms with van der Waals surface area (Å²) in [5.74, 6) is 1.48. The third kappa shape index (κ3) is 5.08. The lowest BCUT2D eigenvalue weighted by Gasteiger charge is -2.30. The number of halogens is 2. The van der Waals surface area contributed by atoms with Crippen molar-refractivity contribution in [2.45, 2.75) is 57.6 Å². The monoisotopic (exact) mass is 504 g/mol. The molecule has 2 aromatic rings. The number of benzene rings is 2. The number of carbonyl (C=O) groups excluding carboxylic acids is 1. The van der Waals surface area contributed by atoms with Crippen molar-refractivity contribution in [3.05, 3.63) is 57.6 Å². The molecule has 2 unspecified atom stereocenters. The molecule has 7 heteroatoms. The van der Waals surface area contributed by atoms with Crippen molar-refractivity contribution in [2.75, 3.05) is 31.6 Å². The number of methoxy groups -OCH3 is 1. The molecular weight excluding hydrogens is 471 g/mol. The van der Waals surface area contributed by atoms with Crippen molar-refractivity contribution in [3.8, 4) is 5.75 Å². The summed E-state index contributed by atoms with van der Waals surface area (Å²) < 4.78 is 5.60. The van der Waals surface area contributed by atoms with Crippen LogP contribution in [0.1, 0.15) is 50.7 Å². The maximum absolute atomic E-state index is 13.6. The number of rotatable bonds is 7. The lowest BCUT2D eigenvalue weighted by atomic mass is 9.81. The van der Waals surface area contributed by atoms with E-state index in [-0.39, 0.29) is 12.3 Å². The van der Waals surface area contributed by atoms with Crippen LogP contribution >= 0.6 is 23.2 Å². The third-order valence-electron chi connectivity index (χ3n) is 7.48. The van der Waals surface area contributed by atoms with Gasteiger partial charge in [0.1, 0.15) is 12.0 Å². The quantitative estimate of drug-likeness (QED) is 0.526. The van der Waals surface area contributed by atoms with Crippen LogP contribution in [0.15, 0.2) is 36.4 Å². The van der Waals surface area contributed by atoms with Gasteiger partial charge in [-0.3, -0.25) is 9.69 Å². The van der Waals surface area contributed by atoms with E-state index in [9.17, 15) is 9.90 Å². The first-order valence-corrected chi connectivity index (χ1v) is 12.8. The molecule has 0 aromatic heterocycles. The van der Waals surface area contributed by atoms with Gasteiger partial charge in [0.05, 0.1) is 22.6 Å². The second-order valence-electron chi connectivity index (χ2n) is 9.94. The van der Waals surface area contributed by atoms with E-state index < -0.39 is 11.6 Å². The highest BCUT2D eigenvalue weighted by Gasteiger charge is 2.49. The summed E-state index contributed by atoms with van der Waals surface area (Å²) in [6.45, 7) is 7.57. The number of aryl methyl sites for hydroxylation is 1. The molecule has 2 saturated heterocycles. The highest BCUT2D eigenvalue weighted by atomic mass is 35.5. The number of amides is 1. The van der Waals surface area contributed by atoms with Crippen LogP contribution in [0.25, 0.3) is 0 Å². The number of hydrogen-bond donors (Lipinski definition) is 1. The third-order valence-corrected chi connectivity index (χ3v) is 8.21. The van der Waals surface area contributed by atoms with Gasteiger partial charge in [-0.15, -0.1) is 0 Å². The number of anilines is 1. The fraction of sp³-hybridized carbons (Fsp3) is 0.519. The van der Waals surface area contributed by atoms with Crippen molar-refractivity contribution in [1.29, 1.82) is 0 Å². The smallest absolute Gasteiger partial charge is 0.239 e. The molecular formula is C27H34Cl2N2O3. The minimum absolute atomic E-state index is 0.156. The summed E-state index contributed by atoms with van der Waals surface area (Å²) in [6, 6.07) is 10.9. The maximum atomic E-state index is 13.6. The molecule has 2 heterocycles. The van der Waals surface area contributed by atoms with Crippen LogP contribution in [0.4, 0.5) is 5.69 Å². The van der Waals surface area contributed by atoms with Crippen molar-refractivity contribution in [2.24, 2.45) is 5.92 Å². The summed E-state index contributed by atoms with van der Waals surface area (Å²) in [7, 11) is 1.67. The zero-order valence-electron chi connectivity index (χ0n) is 20.2. The Bertz CT molecular complexity index is 1040. The van der Waals surface area contributed by atoms with Gasteiger partial charge in [-0.1, -0.05) is 36.2 Å². The first kappa shape index (κ1) is 25.3. The van der Waals surface area contributed by atoms with E-state index in [4.69, 9.17) is 27.9 Å². The minimum atomic E-state index is -0.927. The Hall–Kier alpha value is -1.79. The number of likely N-dealkylation sites (tertiary alicyclic amines) is 1.